The van der Waals surface area contributed by atoms with Crippen molar-refractivity contribution in [3.8, 4) is 0 Å². The Bertz CT molecular complexity index is 410. The molecule has 1 aromatic rings. The molecule has 1 amide bonds. The predicted molar refractivity (Wildman–Crippen MR) is 84.0 cm³/mol. The van der Waals surface area contributed by atoms with Gasteiger partial charge in [0.25, 0.3) is 5.91 Å². The number of amides is 1. The van der Waals surface area contributed by atoms with Crippen molar-refractivity contribution < 1.29 is 4.79 Å². The maximum absolute atomic E-state index is 12.7. The first-order valence-corrected chi connectivity index (χ1v) is 7.48. The zero-order valence-electron chi connectivity index (χ0n) is 13.3. The van der Waals surface area contributed by atoms with Crippen LogP contribution in [0.2, 0.25) is 0 Å². The van der Waals surface area contributed by atoms with Gasteiger partial charge in [-0.1, -0.05) is 27.7 Å². The first-order chi connectivity index (χ1) is 9.53. The van der Waals surface area contributed by atoms with Gasteiger partial charge in [-0.2, -0.15) is 0 Å². The van der Waals surface area contributed by atoms with E-state index in [9.17, 15) is 4.79 Å². The second kappa shape index (κ2) is 7.88. The molecule has 0 saturated carbocycles. The number of anilines is 1. The Kier molecular flexibility index (Phi) is 6.49. The molecule has 0 aliphatic carbocycles. The van der Waals surface area contributed by atoms with E-state index in [0.717, 1.165) is 25.1 Å². The molecular formula is C16H27N3O. The number of pyridine rings is 1. The van der Waals surface area contributed by atoms with Crippen LogP contribution in [0.5, 0.6) is 0 Å². The van der Waals surface area contributed by atoms with Gasteiger partial charge in [0.2, 0.25) is 0 Å². The van der Waals surface area contributed by atoms with E-state index in [1.807, 2.05) is 18.0 Å². The van der Waals surface area contributed by atoms with Crippen LogP contribution in [0.15, 0.2) is 18.3 Å². The standard InChI is InChI=1S/C16H27N3O/c1-6-14(7-2)19(11-12(3)4)16(20)15-9-8-13(17-5)10-18-15/h8-10,12,14,17H,6-7,11H2,1-5H3. The van der Waals surface area contributed by atoms with Crippen molar-refractivity contribution in [2.75, 3.05) is 18.9 Å². The number of carbonyl (C=O) groups excluding carboxylic acids is 1. The zero-order valence-corrected chi connectivity index (χ0v) is 13.3. The molecule has 1 aromatic heterocycles. The van der Waals surface area contributed by atoms with Crippen LogP contribution in [0.1, 0.15) is 51.0 Å². The van der Waals surface area contributed by atoms with Crippen LogP contribution in [-0.2, 0) is 0 Å². The fraction of sp³-hybridized carbons (Fsp3) is 0.625. The van der Waals surface area contributed by atoms with E-state index in [2.05, 4.69) is 38.0 Å². The third kappa shape index (κ3) is 4.22. The summed E-state index contributed by atoms with van der Waals surface area (Å²) in [7, 11) is 1.84. The molecule has 0 spiro atoms. The molecule has 0 aromatic carbocycles. The molecule has 0 aliphatic heterocycles. The minimum atomic E-state index is 0.0371. The van der Waals surface area contributed by atoms with Gasteiger partial charge >= 0.3 is 0 Å². The second-order valence-corrected chi connectivity index (χ2v) is 5.50. The molecule has 1 N–H and O–H groups in total. The van der Waals surface area contributed by atoms with E-state index in [-0.39, 0.29) is 11.9 Å². The lowest BCUT2D eigenvalue weighted by atomic mass is 10.1. The molecule has 0 bridgehead atoms. The van der Waals surface area contributed by atoms with Crippen molar-refractivity contribution in [2.24, 2.45) is 5.92 Å². The van der Waals surface area contributed by atoms with Crippen LogP contribution in [0, 0.1) is 5.92 Å². The van der Waals surface area contributed by atoms with Crippen molar-refractivity contribution in [2.45, 2.75) is 46.6 Å². The van der Waals surface area contributed by atoms with Gasteiger partial charge in [0, 0.05) is 19.6 Å². The number of carbonyl (C=O) groups is 1. The van der Waals surface area contributed by atoms with Crippen molar-refractivity contribution >= 4 is 11.6 Å². The van der Waals surface area contributed by atoms with E-state index < -0.39 is 0 Å². The third-order valence-corrected chi connectivity index (χ3v) is 3.48. The summed E-state index contributed by atoms with van der Waals surface area (Å²) >= 11 is 0. The Hall–Kier alpha value is -1.58. The molecule has 1 rings (SSSR count). The lowest BCUT2D eigenvalue weighted by Crippen LogP contribution is -2.42. The summed E-state index contributed by atoms with van der Waals surface area (Å²) in [5.41, 5.74) is 1.44. The van der Waals surface area contributed by atoms with Gasteiger partial charge in [-0.25, -0.2) is 4.98 Å². The summed E-state index contributed by atoms with van der Waals surface area (Å²) in [5, 5.41) is 3.01. The van der Waals surface area contributed by atoms with Crippen LogP contribution in [0.4, 0.5) is 5.69 Å². The summed E-state index contributed by atoms with van der Waals surface area (Å²) < 4.78 is 0. The minimum absolute atomic E-state index is 0.0371. The Morgan fingerprint density at radius 3 is 2.35 bits per heavy atom. The highest BCUT2D eigenvalue weighted by molar-refractivity contribution is 5.92. The Morgan fingerprint density at radius 2 is 1.95 bits per heavy atom. The van der Waals surface area contributed by atoms with E-state index in [1.54, 1.807) is 12.3 Å². The van der Waals surface area contributed by atoms with Gasteiger partial charge in [-0.3, -0.25) is 4.79 Å². The Labute approximate surface area is 122 Å². The van der Waals surface area contributed by atoms with E-state index >= 15 is 0 Å². The summed E-state index contributed by atoms with van der Waals surface area (Å²) in [6.45, 7) is 9.32. The van der Waals surface area contributed by atoms with Crippen LogP contribution in [0.3, 0.4) is 0 Å². The average Bonchev–Trinajstić information content (AvgIpc) is 2.46. The second-order valence-electron chi connectivity index (χ2n) is 5.50. The van der Waals surface area contributed by atoms with Crippen LogP contribution < -0.4 is 5.32 Å². The highest BCUT2D eigenvalue weighted by Gasteiger charge is 2.23. The largest absolute Gasteiger partial charge is 0.387 e. The summed E-state index contributed by atoms with van der Waals surface area (Å²) in [6.07, 6.45) is 3.65. The lowest BCUT2D eigenvalue weighted by Gasteiger charge is -2.31. The summed E-state index contributed by atoms with van der Waals surface area (Å²) in [4.78, 5) is 18.9. The summed E-state index contributed by atoms with van der Waals surface area (Å²) in [6, 6.07) is 3.97. The quantitative estimate of drug-likeness (QED) is 0.830. The van der Waals surface area contributed by atoms with Crippen molar-refractivity contribution in [1.82, 2.24) is 9.88 Å². The van der Waals surface area contributed by atoms with Crippen molar-refractivity contribution in [3.63, 3.8) is 0 Å². The molecule has 0 saturated heterocycles. The molecule has 0 atom stereocenters. The van der Waals surface area contributed by atoms with Gasteiger partial charge in [0.1, 0.15) is 5.69 Å². The van der Waals surface area contributed by atoms with Gasteiger partial charge in [0.15, 0.2) is 0 Å². The van der Waals surface area contributed by atoms with Gasteiger partial charge in [-0.15, -0.1) is 0 Å². The highest BCUT2D eigenvalue weighted by Crippen LogP contribution is 2.16. The number of aromatic nitrogens is 1. The van der Waals surface area contributed by atoms with Gasteiger partial charge < -0.3 is 10.2 Å². The first kappa shape index (κ1) is 16.5. The SMILES string of the molecule is CCC(CC)N(CC(C)C)C(=O)c1ccc(NC)cn1. The molecular weight excluding hydrogens is 250 g/mol. The minimum Gasteiger partial charge on any atom is -0.387 e. The number of nitrogens with one attached hydrogen (secondary N) is 1. The molecule has 112 valence electrons. The number of rotatable bonds is 7. The zero-order chi connectivity index (χ0) is 15.1. The van der Waals surface area contributed by atoms with Crippen LogP contribution in [0.25, 0.3) is 0 Å². The van der Waals surface area contributed by atoms with Crippen LogP contribution >= 0.6 is 0 Å². The molecule has 0 radical (unpaired) electrons. The first-order valence-electron chi connectivity index (χ1n) is 7.48. The normalized spacial score (nSPS) is 10.9. The van der Waals surface area contributed by atoms with Crippen molar-refractivity contribution in [3.05, 3.63) is 24.0 Å². The maximum atomic E-state index is 12.7. The number of nitrogens with zero attached hydrogens (tertiary/aromatic N) is 2. The predicted octanol–water partition coefficient (Wildman–Crippen LogP) is 3.41. The van der Waals surface area contributed by atoms with Crippen molar-refractivity contribution in [1.29, 1.82) is 0 Å². The van der Waals surface area contributed by atoms with E-state index in [4.69, 9.17) is 0 Å². The fourth-order valence-corrected chi connectivity index (χ4v) is 2.34. The molecule has 0 aliphatic rings. The Balaban J connectivity index is 2.95. The van der Waals surface area contributed by atoms with Gasteiger partial charge in [0.05, 0.1) is 11.9 Å². The highest BCUT2D eigenvalue weighted by atomic mass is 16.2. The van der Waals surface area contributed by atoms with E-state index in [0.29, 0.717) is 11.6 Å². The summed E-state index contributed by atoms with van der Waals surface area (Å²) in [5.74, 6) is 0.492. The molecule has 1 heterocycles. The number of hydrogen-bond donors (Lipinski definition) is 1. The van der Waals surface area contributed by atoms with Gasteiger partial charge in [-0.05, 0) is 30.9 Å². The molecule has 0 fully saturated rings. The topological polar surface area (TPSA) is 45.2 Å². The molecule has 4 heteroatoms. The Morgan fingerprint density at radius 1 is 1.30 bits per heavy atom. The lowest BCUT2D eigenvalue weighted by molar-refractivity contribution is 0.0634. The monoisotopic (exact) mass is 277 g/mol. The van der Waals surface area contributed by atoms with Crippen LogP contribution in [-0.4, -0.2) is 35.4 Å². The van der Waals surface area contributed by atoms with E-state index in [1.165, 1.54) is 0 Å². The maximum Gasteiger partial charge on any atom is 0.272 e. The molecule has 20 heavy (non-hydrogen) atoms. The average molecular weight is 277 g/mol. The molecule has 0 unspecified atom stereocenters. The third-order valence-electron chi connectivity index (χ3n) is 3.48. The molecule has 4 nitrogen and oxygen atoms in total. The fourth-order valence-electron chi connectivity index (χ4n) is 2.34. The number of hydrogen-bond acceptors (Lipinski definition) is 3. The smallest absolute Gasteiger partial charge is 0.272 e.